The average molecular weight is 229 g/mol. The van der Waals surface area contributed by atoms with E-state index in [4.69, 9.17) is 5.73 Å². The van der Waals surface area contributed by atoms with E-state index in [1.165, 1.54) is 17.1 Å². The van der Waals surface area contributed by atoms with Crippen LogP contribution in [0.15, 0.2) is 24.5 Å². The Labute approximate surface area is 87.7 Å². The summed E-state index contributed by atoms with van der Waals surface area (Å²) >= 11 is 0. The van der Waals surface area contributed by atoms with Crippen LogP contribution in [-0.2, 0) is 6.18 Å². The van der Waals surface area contributed by atoms with Crippen molar-refractivity contribution >= 4 is 5.95 Å². The zero-order chi connectivity index (χ0) is 11.8. The van der Waals surface area contributed by atoms with Crippen molar-refractivity contribution < 1.29 is 13.2 Å². The van der Waals surface area contributed by atoms with Crippen LogP contribution in [0.1, 0.15) is 5.69 Å². The molecule has 2 aromatic heterocycles. The third-order valence-corrected chi connectivity index (χ3v) is 1.76. The van der Waals surface area contributed by atoms with Gasteiger partial charge in [-0.05, 0) is 6.07 Å². The molecule has 2 heterocycles. The second-order valence-electron chi connectivity index (χ2n) is 2.92. The molecule has 0 saturated heterocycles. The Balaban J connectivity index is 2.53. The van der Waals surface area contributed by atoms with Crippen LogP contribution in [-0.4, -0.2) is 19.7 Å². The number of rotatable bonds is 1. The SMILES string of the molecule is Nc1nc(-n2cccn2)cc(C(F)(F)F)n1. The lowest BCUT2D eigenvalue weighted by Gasteiger charge is -2.08. The molecule has 0 aromatic carbocycles. The number of halogens is 3. The first-order valence-corrected chi connectivity index (χ1v) is 4.18. The summed E-state index contributed by atoms with van der Waals surface area (Å²) in [5.41, 5.74) is 4.11. The Bertz CT molecular complexity index is 491. The summed E-state index contributed by atoms with van der Waals surface area (Å²) in [7, 11) is 0. The van der Waals surface area contributed by atoms with E-state index in [-0.39, 0.29) is 5.82 Å². The van der Waals surface area contributed by atoms with Gasteiger partial charge in [0, 0.05) is 18.5 Å². The zero-order valence-corrected chi connectivity index (χ0v) is 7.81. The van der Waals surface area contributed by atoms with Crippen molar-refractivity contribution in [2.24, 2.45) is 0 Å². The predicted molar refractivity (Wildman–Crippen MR) is 48.6 cm³/mol. The van der Waals surface area contributed by atoms with E-state index in [1.807, 2.05) is 0 Å². The van der Waals surface area contributed by atoms with E-state index in [0.29, 0.717) is 0 Å². The lowest BCUT2D eigenvalue weighted by molar-refractivity contribution is -0.141. The summed E-state index contributed by atoms with van der Waals surface area (Å²) in [4.78, 5) is 6.77. The lowest BCUT2D eigenvalue weighted by atomic mass is 10.4. The van der Waals surface area contributed by atoms with Crippen molar-refractivity contribution in [3.05, 3.63) is 30.2 Å². The van der Waals surface area contributed by atoms with Gasteiger partial charge in [0.15, 0.2) is 11.5 Å². The first kappa shape index (κ1) is 10.4. The molecule has 2 rings (SSSR count). The normalized spacial score (nSPS) is 11.7. The quantitative estimate of drug-likeness (QED) is 0.799. The maximum Gasteiger partial charge on any atom is 0.433 e. The van der Waals surface area contributed by atoms with Gasteiger partial charge in [-0.3, -0.25) is 0 Å². The first-order valence-electron chi connectivity index (χ1n) is 4.18. The van der Waals surface area contributed by atoms with E-state index < -0.39 is 17.8 Å². The molecule has 0 bridgehead atoms. The number of anilines is 1. The van der Waals surface area contributed by atoms with Crippen LogP contribution in [0.3, 0.4) is 0 Å². The van der Waals surface area contributed by atoms with Crippen LogP contribution in [0.25, 0.3) is 5.82 Å². The number of aromatic nitrogens is 4. The second kappa shape index (κ2) is 3.47. The molecule has 0 radical (unpaired) electrons. The fourth-order valence-corrected chi connectivity index (χ4v) is 1.12. The summed E-state index contributed by atoms with van der Waals surface area (Å²) in [6.07, 6.45) is -1.67. The maximum absolute atomic E-state index is 12.4. The second-order valence-corrected chi connectivity index (χ2v) is 2.92. The molecule has 0 aliphatic rings. The topological polar surface area (TPSA) is 69.6 Å². The molecule has 0 spiro atoms. The molecular weight excluding hydrogens is 223 g/mol. The molecule has 0 amide bonds. The Morgan fingerprint density at radius 1 is 1.25 bits per heavy atom. The maximum atomic E-state index is 12.4. The number of nitrogen functional groups attached to an aromatic ring is 1. The molecule has 16 heavy (non-hydrogen) atoms. The van der Waals surface area contributed by atoms with Gasteiger partial charge in [0.25, 0.3) is 0 Å². The van der Waals surface area contributed by atoms with Gasteiger partial charge in [0.2, 0.25) is 5.95 Å². The molecule has 0 unspecified atom stereocenters. The van der Waals surface area contributed by atoms with E-state index in [1.54, 1.807) is 6.07 Å². The minimum Gasteiger partial charge on any atom is -0.368 e. The van der Waals surface area contributed by atoms with Crippen molar-refractivity contribution in [1.29, 1.82) is 0 Å². The molecule has 0 fully saturated rings. The monoisotopic (exact) mass is 229 g/mol. The number of hydrogen-bond donors (Lipinski definition) is 1. The van der Waals surface area contributed by atoms with Crippen LogP contribution < -0.4 is 5.73 Å². The van der Waals surface area contributed by atoms with Crippen LogP contribution in [0, 0.1) is 0 Å². The van der Waals surface area contributed by atoms with Gasteiger partial charge in [-0.1, -0.05) is 0 Å². The predicted octanol–water partition coefficient (Wildman–Crippen LogP) is 1.26. The minimum absolute atomic E-state index is 0.0233. The summed E-state index contributed by atoms with van der Waals surface area (Å²) in [5, 5.41) is 3.75. The molecule has 84 valence electrons. The molecule has 0 saturated carbocycles. The number of nitrogens with two attached hydrogens (primary N) is 1. The fourth-order valence-electron chi connectivity index (χ4n) is 1.12. The van der Waals surface area contributed by atoms with Gasteiger partial charge in [0.05, 0.1) is 0 Å². The summed E-state index contributed by atoms with van der Waals surface area (Å²) in [5.74, 6) is -0.467. The van der Waals surface area contributed by atoms with Crippen LogP contribution in [0.5, 0.6) is 0 Å². The zero-order valence-electron chi connectivity index (χ0n) is 7.81. The summed E-state index contributed by atoms with van der Waals surface area (Å²) < 4.78 is 38.4. The Morgan fingerprint density at radius 2 is 2.00 bits per heavy atom. The third kappa shape index (κ3) is 1.95. The summed E-state index contributed by atoms with van der Waals surface area (Å²) in [6.45, 7) is 0. The highest BCUT2D eigenvalue weighted by Gasteiger charge is 2.33. The van der Waals surface area contributed by atoms with E-state index >= 15 is 0 Å². The van der Waals surface area contributed by atoms with E-state index in [9.17, 15) is 13.2 Å². The Hall–Kier alpha value is -2.12. The Kier molecular flexibility index (Phi) is 2.26. The van der Waals surface area contributed by atoms with Crippen molar-refractivity contribution in [3.63, 3.8) is 0 Å². The van der Waals surface area contributed by atoms with Gasteiger partial charge in [-0.15, -0.1) is 0 Å². The first-order chi connectivity index (χ1) is 7.47. The summed E-state index contributed by atoms with van der Waals surface area (Å²) in [6, 6.07) is 2.34. The molecule has 0 aliphatic carbocycles. The number of alkyl halides is 3. The molecule has 8 heteroatoms. The molecule has 0 atom stereocenters. The van der Waals surface area contributed by atoms with E-state index in [0.717, 1.165) is 6.07 Å². The number of hydrogen-bond acceptors (Lipinski definition) is 4. The van der Waals surface area contributed by atoms with Gasteiger partial charge in [-0.25, -0.2) is 9.67 Å². The van der Waals surface area contributed by atoms with Crippen molar-refractivity contribution in [2.45, 2.75) is 6.18 Å². The van der Waals surface area contributed by atoms with Crippen LogP contribution in [0.2, 0.25) is 0 Å². The van der Waals surface area contributed by atoms with E-state index in [2.05, 4.69) is 15.1 Å². The van der Waals surface area contributed by atoms with Crippen molar-refractivity contribution in [2.75, 3.05) is 5.73 Å². The molecule has 0 aliphatic heterocycles. The minimum atomic E-state index is -4.56. The van der Waals surface area contributed by atoms with Crippen LogP contribution in [0.4, 0.5) is 19.1 Å². The smallest absolute Gasteiger partial charge is 0.368 e. The van der Waals surface area contributed by atoms with Gasteiger partial charge < -0.3 is 5.73 Å². The van der Waals surface area contributed by atoms with Gasteiger partial charge >= 0.3 is 6.18 Å². The highest BCUT2D eigenvalue weighted by Crippen LogP contribution is 2.28. The lowest BCUT2D eigenvalue weighted by Crippen LogP contribution is -2.13. The average Bonchev–Trinajstić information content (AvgIpc) is 2.68. The third-order valence-electron chi connectivity index (χ3n) is 1.76. The van der Waals surface area contributed by atoms with Crippen molar-refractivity contribution in [1.82, 2.24) is 19.7 Å². The van der Waals surface area contributed by atoms with Gasteiger partial charge in [-0.2, -0.15) is 23.3 Å². The molecule has 5 nitrogen and oxygen atoms in total. The molecular formula is C8H6F3N5. The van der Waals surface area contributed by atoms with Crippen molar-refractivity contribution in [3.8, 4) is 5.82 Å². The Morgan fingerprint density at radius 3 is 2.56 bits per heavy atom. The highest BCUT2D eigenvalue weighted by atomic mass is 19.4. The molecule has 2 N–H and O–H groups in total. The standard InChI is InChI=1S/C8H6F3N5/c9-8(10,11)5-4-6(15-7(12)14-5)16-3-1-2-13-16/h1-4H,(H2,12,14,15). The highest BCUT2D eigenvalue weighted by molar-refractivity contribution is 5.32. The molecule has 2 aromatic rings. The largest absolute Gasteiger partial charge is 0.433 e. The fraction of sp³-hybridized carbons (Fsp3) is 0.125. The van der Waals surface area contributed by atoms with Crippen LogP contribution >= 0.6 is 0 Å². The number of nitrogens with zero attached hydrogens (tertiary/aromatic N) is 4. The van der Waals surface area contributed by atoms with Gasteiger partial charge in [0.1, 0.15) is 0 Å².